The average molecular weight is 325 g/mol. The first kappa shape index (κ1) is 15.4. The monoisotopic (exact) mass is 325 g/mol. The number of carbonyl (C=O) groups excluding carboxylic acids is 1. The van der Waals surface area contributed by atoms with Gasteiger partial charge in [0.25, 0.3) is 5.91 Å². The van der Waals surface area contributed by atoms with Gasteiger partial charge in [0.15, 0.2) is 5.69 Å². The van der Waals surface area contributed by atoms with Gasteiger partial charge in [0.05, 0.1) is 6.04 Å². The maximum atomic E-state index is 12.3. The van der Waals surface area contributed by atoms with Crippen LogP contribution in [0.2, 0.25) is 0 Å². The van der Waals surface area contributed by atoms with Crippen LogP contribution < -0.4 is 5.32 Å². The van der Waals surface area contributed by atoms with Crippen LogP contribution in [0.15, 0.2) is 40.9 Å². The van der Waals surface area contributed by atoms with Crippen LogP contribution in [0.4, 0.5) is 0 Å². The van der Waals surface area contributed by atoms with Crippen molar-refractivity contribution in [3.63, 3.8) is 0 Å². The third-order valence-electron chi connectivity index (χ3n) is 5.00. The number of rotatable bonds is 6. The van der Waals surface area contributed by atoms with E-state index in [1.165, 1.54) is 5.56 Å². The highest BCUT2D eigenvalue weighted by Crippen LogP contribution is 2.40. The Morgan fingerprint density at radius 3 is 2.75 bits per heavy atom. The quantitative estimate of drug-likeness (QED) is 0.886. The molecule has 5 heteroatoms. The zero-order valence-electron chi connectivity index (χ0n) is 13.9. The summed E-state index contributed by atoms with van der Waals surface area (Å²) >= 11 is 0. The van der Waals surface area contributed by atoms with Crippen molar-refractivity contribution >= 4 is 5.91 Å². The topological polar surface area (TPSA) is 58.4 Å². The maximum Gasteiger partial charge on any atom is 0.273 e. The molecule has 1 atom stereocenters. The van der Waals surface area contributed by atoms with Crippen molar-refractivity contribution in [2.75, 3.05) is 13.1 Å². The van der Waals surface area contributed by atoms with Crippen LogP contribution in [0, 0.1) is 0 Å². The summed E-state index contributed by atoms with van der Waals surface area (Å²) in [7, 11) is 0. The molecule has 2 aromatic rings. The molecule has 1 amide bonds. The van der Waals surface area contributed by atoms with Gasteiger partial charge in [-0.1, -0.05) is 42.4 Å². The second-order valence-electron chi connectivity index (χ2n) is 6.85. The maximum absolute atomic E-state index is 12.3. The minimum absolute atomic E-state index is 0.122. The van der Waals surface area contributed by atoms with Crippen LogP contribution in [0.5, 0.6) is 0 Å². The lowest BCUT2D eigenvalue weighted by atomic mass is 9.97. The highest BCUT2D eigenvalue weighted by molar-refractivity contribution is 5.92. The van der Waals surface area contributed by atoms with Crippen molar-refractivity contribution in [1.29, 1.82) is 0 Å². The van der Waals surface area contributed by atoms with Crippen LogP contribution in [0.3, 0.4) is 0 Å². The molecule has 0 spiro atoms. The fourth-order valence-corrected chi connectivity index (χ4v) is 3.45. The third kappa shape index (κ3) is 3.08. The Kier molecular flexibility index (Phi) is 4.10. The van der Waals surface area contributed by atoms with Gasteiger partial charge >= 0.3 is 0 Å². The molecular formula is C19H23N3O2. The van der Waals surface area contributed by atoms with E-state index < -0.39 is 0 Å². The summed E-state index contributed by atoms with van der Waals surface area (Å²) in [6, 6.07) is 13.0. The predicted molar refractivity (Wildman–Crippen MR) is 90.8 cm³/mol. The lowest BCUT2D eigenvalue weighted by Gasteiger charge is -2.44. The molecule has 1 aromatic carbocycles. The Morgan fingerprint density at radius 1 is 1.33 bits per heavy atom. The van der Waals surface area contributed by atoms with Crippen molar-refractivity contribution in [2.45, 2.75) is 44.2 Å². The normalized spacial score (nSPS) is 19.7. The van der Waals surface area contributed by atoms with Crippen molar-refractivity contribution in [2.24, 2.45) is 0 Å². The molecule has 1 unspecified atom stereocenters. The van der Waals surface area contributed by atoms with E-state index in [1.807, 2.05) is 6.07 Å². The van der Waals surface area contributed by atoms with Gasteiger partial charge in [-0.15, -0.1) is 0 Å². The number of hydrogen-bond acceptors (Lipinski definition) is 4. The molecule has 0 radical (unpaired) electrons. The fraction of sp³-hybridized carbons (Fsp3) is 0.474. The second-order valence-corrected chi connectivity index (χ2v) is 6.85. The summed E-state index contributed by atoms with van der Waals surface area (Å²) in [5.41, 5.74) is 1.75. The van der Waals surface area contributed by atoms with Crippen LogP contribution in [0.25, 0.3) is 0 Å². The van der Waals surface area contributed by atoms with E-state index in [0.29, 0.717) is 17.7 Å². The van der Waals surface area contributed by atoms with Crippen molar-refractivity contribution in [3.8, 4) is 0 Å². The highest BCUT2D eigenvalue weighted by Gasteiger charge is 2.34. The molecule has 2 aliphatic rings. The van der Waals surface area contributed by atoms with E-state index in [1.54, 1.807) is 6.07 Å². The van der Waals surface area contributed by atoms with Crippen LogP contribution in [-0.4, -0.2) is 35.1 Å². The van der Waals surface area contributed by atoms with Crippen LogP contribution in [-0.2, 0) is 0 Å². The van der Waals surface area contributed by atoms with Gasteiger partial charge in [-0.05, 0) is 24.8 Å². The summed E-state index contributed by atoms with van der Waals surface area (Å²) in [6.07, 6.45) is 3.36. The van der Waals surface area contributed by atoms with Gasteiger partial charge in [-0.3, -0.25) is 9.69 Å². The number of benzene rings is 1. The van der Waals surface area contributed by atoms with E-state index in [2.05, 4.69) is 46.6 Å². The van der Waals surface area contributed by atoms with E-state index in [0.717, 1.165) is 38.1 Å². The van der Waals surface area contributed by atoms with E-state index in [4.69, 9.17) is 4.52 Å². The summed E-state index contributed by atoms with van der Waals surface area (Å²) in [5, 5.41) is 6.97. The van der Waals surface area contributed by atoms with Crippen molar-refractivity contribution in [3.05, 3.63) is 53.4 Å². The van der Waals surface area contributed by atoms with Crippen LogP contribution >= 0.6 is 0 Å². The smallest absolute Gasteiger partial charge is 0.273 e. The molecule has 1 saturated carbocycles. The molecule has 0 bridgehead atoms. The molecule has 1 aliphatic carbocycles. The van der Waals surface area contributed by atoms with Crippen LogP contribution in [0.1, 0.15) is 60.0 Å². The minimum Gasteiger partial charge on any atom is -0.360 e. The zero-order valence-corrected chi connectivity index (χ0v) is 13.9. The highest BCUT2D eigenvalue weighted by atomic mass is 16.5. The number of likely N-dealkylation sites (tertiary alicyclic amines) is 1. The number of hydrogen-bond donors (Lipinski definition) is 1. The Hall–Kier alpha value is -2.14. The molecule has 1 aromatic heterocycles. The van der Waals surface area contributed by atoms with Gasteiger partial charge in [0.1, 0.15) is 5.76 Å². The number of amides is 1. The SMILES string of the molecule is CCC(c1ccccc1)N1CC(NC(=O)c2cc(C3CC3)on2)C1. The Balaban J connectivity index is 1.31. The molecule has 1 aliphatic heterocycles. The molecule has 126 valence electrons. The number of nitrogens with one attached hydrogen (secondary N) is 1. The van der Waals surface area contributed by atoms with Gasteiger partial charge in [-0.25, -0.2) is 0 Å². The van der Waals surface area contributed by atoms with E-state index >= 15 is 0 Å². The largest absolute Gasteiger partial charge is 0.360 e. The predicted octanol–water partition coefficient (Wildman–Crippen LogP) is 3.12. The van der Waals surface area contributed by atoms with Gasteiger partial charge in [0, 0.05) is 31.1 Å². The number of nitrogens with zero attached hydrogens (tertiary/aromatic N) is 2. The first-order chi connectivity index (χ1) is 11.7. The van der Waals surface area contributed by atoms with E-state index in [9.17, 15) is 4.79 Å². The zero-order chi connectivity index (χ0) is 16.5. The van der Waals surface area contributed by atoms with Crippen molar-refractivity contribution < 1.29 is 9.32 Å². The fourth-order valence-electron chi connectivity index (χ4n) is 3.45. The number of carbonyl (C=O) groups is 1. The molecule has 5 nitrogen and oxygen atoms in total. The van der Waals surface area contributed by atoms with Crippen molar-refractivity contribution in [1.82, 2.24) is 15.4 Å². The Labute approximate surface area is 142 Å². The summed E-state index contributed by atoms with van der Waals surface area (Å²) in [5.74, 6) is 1.21. The molecule has 2 fully saturated rings. The molecule has 24 heavy (non-hydrogen) atoms. The summed E-state index contributed by atoms with van der Waals surface area (Å²) in [4.78, 5) is 14.7. The van der Waals surface area contributed by atoms with Gasteiger partial charge in [-0.2, -0.15) is 0 Å². The Morgan fingerprint density at radius 2 is 2.08 bits per heavy atom. The third-order valence-corrected chi connectivity index (χ3v) is 5.00. The van der Waals surface area contributed by atoms with Gasteiger partial charge < -0.3 is 9.84 Å². The first-order valence-electron chi connectivity index (χ1n) is 8.81. The second kappa shape index (κ2) is 6.40. The summed E-state index contributed by atoms with van der Waals surface area (Å²) in [6.45, 7) is 3.97. The first-order valence-corrected chi connectivity index (χ1v) is 8.81. The summed E-state index contributed by atoms with van der Waals surface area (Å²) < 4.78 is 5.26. The average Bonchev–Trinajstić information content (AvgIpc) is 3.31. The minimum atomic E-state index is -0.122. The van der Waals surface area contributed by atoms with Gasteiger partial charge in [0.2, 0.25) is 0 Å². The standard InChI is InChI=1S/C19H23N3O2/c1-2-17(13-6-4-3-5-7-13)22-11-15(12-22)20-19(23)16-10-18(24-21-16)14-8-9-14/h3-7,10,14-15,17H,2,8-9,11-12H2,1H3,(H,20,23). The number of aromatic nitrogens is 1. The molecule has 2 heterocycles. The lowest BCUT2D eigenvalue weighted by molar-refractivity contribution is 0.0613. The molecular weight excluding hydrogens is 302 g/mol. The molecule has 4 rings (SSSR count). The Bertz CT molecular complexity index is 702. The lowest BCUT2D eigenvalue weighted by Crippen LogP contribution is -2.59. The van der Waals surface area contributed by atoms with E-state index in [-0.39, 0.29) is 11.9 Å². The molecule has 1 N–H and O–H groups in total. The molecule has 1 saturated heterocycles.